The minimum atomic E-state index is -1.12. The first-order valence-corrected chi connectivity index (χ1v) is 7.56. The SMILES string of the molecule is CCCOc1cc(C=O)cc2c1OC(C)(C)C(=O)N2CC(C)=O. The molecule has 6 heteroatoms. The van der Waals surface area contributed by atoms with Crippen LogP contribution in [0, 0.1) is 0 Å². The summed E-state index contributed by atoms with van der Waals surface area (Å²) in [6.07, 6.45) is 1.47. The standard InChI is InChI=1S/C17H21NO5/c1-5-6-22-14-8-12(10-19)7-13-15(14)23-17(3,4)16(21)18(13)9-11(2)20/h7-8,10H,5-6,9H2,1-4H3. The van der Waals surface area contributed by atoms with Crippen molar-refractivity contribution in [2.24, 2.45) is 0 Å². The van der Waals surface area contributed by atoms with Crippen molar-refractivity contribution < 1.29 is 23.9 Å². The van der Waals surface area contributed by atoms with Gasteiger partial charge < -0.3 is 9.47 Å². The highest BCUT2D eigenvalue weighted by Crippen LogP contribution is 2.45. The minimum Gasteiger partial charge on any atom is -0.490 e. The van der Waals surface area contributed by atoms with Gasteiger partial charge >= 0.3 is 0 Å². The lowest BCUT2D eigenvalue weighted by atomic mass is 10.0. The van der Waals surface area contributed by atoms with E-state index in [4.69, 9.17) is 9.47 Å². The van der Waals surface area contributed by atoms with Crippen molar-refractivity contribution in [1.29, 1.82) is 0 Å². The fourth-order valence-corrected chi connectivity index (χ4v) is 2.41. The molecule has 0 saturated carbocycles. The van der Waals surface area contributed by atoms with Gasteiger partial charge in [-0.05, 0) is 39.3 Å². The van der Waals surface area contributed by atoms with Gasteiger partial charge in [0.05, 0.1) is 18.8 Å². The number of carbonyl (C=O) groups excluding carboxylic acids is 3. The third kappa shape index (κ3) is 3.36. The van der Waals surface area contributed by atoms with Gasteiger partial charge in [-0.15, -0.1) is 0 Å². The number of hydrogen-bond acceptors (Lipinski definition) is 5. The van der Waals surface area contributed by atoms with Crippen LogP contribution < -0.4 is 14.4 Å². The highest BCUT2D eigenvalue weighted by molar-refractivity contribution is 6.06. The van der Waals surface area contributed by atoms with E-state index in [-0.39, 0.29) is 18.2 Å². The smallest absolute Gasteiger partial charge is 0.271 e. The van der Waals surface area contributed by atoms with Crippen LogP contribution in [-0.2, 0) is 9.59 Å². The van der Waals surface area contributed by atoms with Crippen molar-refractivity contribution in [1.82, 2.24) is 0 Å². The summed E-state index contributed by atoms with van der Waals surface area (Å²) in [6, 6.07) is 3.12. The number of anilines is 1. The molecule has 1 aromatic rings. The summed E-state index contributed by atoms with van der Waals surface area (Å²) in [6.45, 7) is 7.04. The Balaban J connectivity index is 2.61. The first kappa shape index (κ1) is 17.0. The summed E-state index contributed by atoms with van der Waals surface area (Å²) >= 11 is 0. The van der Waals surface area contributed by atoms with Crippen molar-refractivity contribution in [3.8, 4) is 11.5 Å². The maximum atomic E-state index is 12.6. The number of nitrogens with zero attached hydrogens (tertiary/aromatic N) is 1. The van der Waals surface area contributed by atoms with Gasteiger partial charge in [0.1, 0.15) is 12.1 Å². The number of amides is 1. The molecule has 1 aromatic carbocycles. The second-order valence-electron chi connectivity index (χ2n) is 6.04. The van der Waals surface area contributed by atoms with Crippen molar-refractivity contribution in [3.05, 3.63) is 17.7 Å². The third-order valence-corrected chi connectivity index (χ3v) is 3.44. The van der Waals surface area contributed by atoms with E-state index in [1.165, 1.54) is 17.9 Å². The topological polar surface area (TPSA) is 72.9 Å². The molecule has 0 aromatic heterocycles. The largest absolute Gasteiger partial charge is 0.490 e. The van der Waals surface area contributed by atoms with Gasteiger partial charge in [0.15, 0.2) is 17.1 Å². The van der Waals surface area contributed by atoms with E-state index in [0.29, 0.717) is 35.6 Å². The van der Waals surface area contributed by atoms with Gasteiger partial charge in [0, 0.05) is 5.56 Å². The fourth-order valence-electron chi connectivity index (χ4n) is 2.41. The van der Waals surface area contributed by atoms with Gasteiger partial charge in [0.2, 0.25) is 0 Å². The molecule has 23 heavy (non-hydrogen) atoms. The molecule has 0 N–H and O–H groups in total. The monoisotopic (exact) mass is 319 g/mol. The van der Waals surface area contributed by atoms with Gasteiger partial charge in [-0.2, -0.15) is 0 Å². The average molecular weight is 319 g/mol. The van der Waals surface area contributed by atoms with E-state index in [1.54, 1.807) is 19.9 Å². The Kier molecular flexibility index (Phi) is 4.73. The molecular formula is C17H21NO5. The van der Waals surface area contributed by atoms with E-state index in [0.717, 1.165) is 6.42 Å². The molecule has 2 rings (SSSR count). The second kappa shape index (κ2) is 6.40. The summed E-state index contributed by atoms with van der Waals surface area (Å²) in [7, 11) is 0. The quantitative estimate of drug-likeness (QED) is 0.753. The van der Waals surface area contributed by atoms with Gasteiger partial charge in [0.25, 0.3) is 5.91 Å². The van der Waals surface area contributed by atoms with E-state index in [1.807, 2.05) is 6.92 Å². The molecule has 1 heterocycles. The Morgan fingerprint density at radius 2 is 2.09 bits per heavy atom. The zero-order valence-electron chi connectivity index (χ0n) is 13.8. The number of Topliss-reactive ketones (excluding diaryl/α,β-unsaturated/α-hetero) is 1. The van der Waals surface area contributed by atoms with Gasteiger partial charge in [-0.25, -0.2) is 0 Å². The molecule has 1 amide bonds. The van der Waals surface area contributed by atoms with E-state index in [9.17, 15) is 14.4 Å². The lowest BCUT2D eigenvalue weighted by Gasteiger charge is -2.39. The summed E-state index contributed by atoms with van der Waals surface area (Å²) in [5.41, 5.74) is -0.366. The lowest BCUT2D eigenvalue weighted by molar-refractivity contribution is -0.133. The van der Waals surface area contributed by atoms with Crippen molar-refractivity contribution in [2.75, 3.05) is 18.1 Å². The summed E-state index contributed by atoms with van der Waals surface area (Å²) in [4.78, 5) is 36.7. The van der Waals surface area contributed by atoms with Crippen LogP contribution in [0.25, 0.3) is 0 Å². The van der Waals surface area contributed by atoms with Crippen LogP contribution in [0.2, 0.25) is 0 Å². The highest BCUT2D eigenvalue weighted by Gasteiger charge is 2.42. The predicted molar refractivity (Wildman–Crippen MR) is 85.4 cm³/mol. The van der Waals surface area contributed by atoms with Crippen molar-refractivity contribution in [2.45, 2.75) is 39.7 Å². The molecule has 1 aliphatic heterocycles. The molecule has 0 saturated heterocycles. The van der Waals surface area contributed by atoms with Crippen LogP contribution in [-0.4, -0.2) is 36.7 Å². The maximum absolute atomic E-state index is 12.6. The molecule has 124 valence electrons. The summed E-state index contributed by atoms with van der Waals surface area (Å²) in [5.74, 6) is 0.301. The first-order chi connectivity index (χ1) is 10.8. The number of fused-ring (bicyclic) bond motifs is 1. The predicted octanol–water partition coefficient (Wildman–Crippen LogP) is 2.38. The van der Waals surface area contributed by atoms with Crippen LogP contribution in [0.15, 0.2) is 12.1 Å². The van der Waals surface area contributed by atoms with Crippen LogP contribution >= 0.6 is 0 Å². The van der Waals surface area contributed by atoms with Crippen molar-refractivity contribution in [3.63, 3.8) is 0 Å². The minimum absolute atomic E-state index is 0.0752. The Morgan fingerprint density at radius 3 is 2.65 bits per heavy atom. The lowest BCUT2D eigenvalue weighted by Crippen LogP contribution is -2.53. The number of aldehydes is 1. The maximum Gasteiger partial charge on any atom is 0.271 e. The number of benzene rings is 1. The highest BCUT2D eigenvalue weighted by atomic mass is 16.5. The summed E-state index contributed by atoms with van der Waals surface area (Å²) < 4.78 is 11.5. The molecule has 0 aliphatic carbocycles. The van der Waals surface area contributed by atoms with Gasteiger partial charge in [-0.3, -0.25) is 19.3 Å². The van der Waals surface area contributed by atoms with Gasteiger partial charge in [-0.1, -0.05) is 6.92 Å². The van der Waals surface area contributed by atoms with Crippen molar-refractivity contribution >= 4 is 23.7 Å². The molecule has 0 fully saturated rings. The molecule has 0 spiro atoms. The molecule has 0 atom stereocenters. The zero-order chi connectivity index (χ0) is 17.2. The number of ketones is 1. The number of ether oxygens (including phenoxy) is 2. The summed E-state index contributed by atoms with van der Waals surface area (Å²) in [5, 5.41) is 0. The van der Waals surface area contributed by atoms with E-state index >= 15 is 0 Å². The second-order valence-corrected chi connectivity index (χ2v) is 6.04. The van der Waals surface area contributed by atoms with E-state index < -0.39 is 5.60 Å². The fraction of sp³-hybridized carbons (Fsp3) is 0.471. The first-order valence-electron chi connectivity index (χ1n) is 7.56. The molecule has 6 nitrogen and oxygen atoms in total. The normalized spacial score (nSPS) is 15.7. The van der Waals surface area contributed by atoms with Crippen LogP contribution in [0.4, 0.5) is 5.69 Å². The molecule has 0 bridgehead atoms. The Morgan fingerprint density at radius 1 is 1.39 bits per heavy atom. The van der Waals surface area contributed by atoms with E-state index in [2.05, 4.69) is 0 Å². The average Bonchev–Trinajstić information content (AvgIpc) is 2.49. The number of carbonyl (C=O) groups is 3. The van der Waals surface area contributed by atoms with Crippen LogP contribution in [0.1, 0.15) is 44.5 Å². The molecule has 1 aliphatic rings. The molecule has 0 unspecified atom stereocenters. The Hall–Kier alpha value is -2.37. The number of rotatable bonds is 6. The Labute approximate surface area is 135 Å². The van der Waals surface area contributed by atoms with Crippen LogP contribution in [0.5, 0.6) is 11.5 Å². The Bertz CT molecular complexity index is 651. The molecule has 0 radical (unpaired) electrons. The molecular weight excluding hydrogens is 298 g/mol. The third-order valence-electron chi connectivity index (χ3n) is 3.44. The number of hydrogen-bond donors (Lipinski definition) is 0. The zero-order valence-corrected chi connectivity index (χ0v) is 13.8. The van der Waals surface area contributed by atoms with Crippen LogP contribution in [0.3, 0.4) is 0 Å².